The van der Waals surface area contributed by atoms with Gasteiger partial charge < -0.3 is 10.1 Å². The molecule has 0 fully saturated rings. The van der Waals surface area contributed by atoms with Gasteiger partial charge in [-0.3, -0.25) is 9.10 Å². The average molecular weight is 423 g/mol. The third-order valence-corrected chi connectivity index (χ3v) is 6.86. The number of benzene rings is 3. The molecule has 1 aliphatic rings. The van der Waals surface area contributed by atoms with E-state index in [2.05, 4.69) is 5.32 Å². The minimum atomic E-state index is -3.84. The molecule has 7 heteroatoms. The van der Waals surface area contributed by atoms with Crippen LogP contribution in [0, 0.1) is 0 Å². The lowest BCUT2D eigenvalue weighted by Crippen LogP contribution is -2.31. The smallest absolute Gasteiger partial charge is 0.264 e. The minimum absolute atomic E-state index is 0.0537. The third kappa shape index (κ3) is 4.02. The van der Waals surface area contributed by atoms with Crippen LogP contribution in [-0.4, -0.2) is 21.4 Å². The minimum Gasteiger partial charge on any atom is -0.497 e. The van der Waals surface area contributed by atoms with Gasteiger partial charge in [-0.05, 0) is 60.0 Å². The van der Waals surface area contributed by atoms with E-state index in [9.17, 15) is 13.2 Å². The number of hydrogen-bond donors (Lipinski definition) is 1. The van der Waals surface area contributed by atoms with E-state index in [0.29, 0.717) is 30.0 Å². The van der Waals surface area contributed by atoms with Crippen molar-refractivity contribution in [2.45, 2.75) is 24.3 Å². The summed E-state index contributed by atoms with van der Waals surface area (Å²) >= 11 is 0. The van der Waals surface area contributed by atoms with Gasteiger partial charge in [-0.15, -0.1) is 0 Å². The molecule has 0 radical (unpaired) electrons. The van der Waals surface area contributed by atoms with Gasteiger partial charge in [-0.2, -0.15) is 0 Å². The molecule has 1 heterocycles. The first-order valence-electron chi connectivity index (χ1n) is 9.61. The highest BCUT2D eigenvalue weighted by molar-refractivity contribution is 7.92. The van der Waals surface area contributed by atoms with Crippen molar-refractivity contribution in [2.75, 3.05) is 16.7 Å². The number of rotatable bonds is 6. The molecule has 6 nitrogen and oxygen atoms in total. The molecule has 0 bridgehead atoms. The van der Waals surface area contributed by atoms with E-state index in [4.69, 9.17) is 4.74 Å². The zero-order valence-electron chi connectivity index (χ0n) is 16.5. The van der Waals surface area contributed by atoms with Crippen molar-refractivity contribution in [3.05, 3.63) is 83.9 Å². The molecule has 0 spiro atoms. The average Bonchev–Trinajstić information content (AvgIpc) is 2.77. The molecular formula is C23H22N2O4S. The Morgan fingerprint density at radius 1 is 0.967 bits per heavy atom. The molecule has 30 heavy (non-hydrogen) atoms. The van der Waals surface area contributed by atoms with Gasteiger partial charge in [0.05, 0.1) is 24.2 Å². The van der Waals surface area contributed by atoms with Gasteiger partial charge in [0.1, 0.15) is 5.75 Å². The Morgan fingerprint density at radius 2 is 1.70 bits per heavy atom. The van der Waals surface area contributed by atoms with Crippen molar-refractivity contribution in [3.63, 3.8) is 0 Å². The van der Waals surface area contributed by atoms with E-state index in [1.807, 2.05) is 30.3 Å². The number of carbonyl (C=O) groups is 1. The molecule has 0 saturated carbocycles. The lowest BCUT2D eigenvalue weighted by atomic mass is 10.0. The molecule has 4 rings (SSSR count). The molecule has 0 atom stereocenters. The summed E-state index contributed by atoms with van der Waals surface area (Å²) in [5.74, 6) is 0.599. The number of sulfonamides is 1. The van der Waals surface area contributed by atoms with E-state index in [1.165, 1.54) is 4.31 Å². The van der Waals surface area contributed by atoms with Gasteiger partial charge in [-0.25, -0.2) is 8.42 Å². The number of nitrogens with one attached hydrogen (secondary N) is 1. The van der Waals surface area contributed by atoms with Crippen LogP contribution in [0.1, 0.15) is 17.5 Å². The van der Waals surface area contributed by atoms with E-state index >= 15 is 0 Å². The Balaban J connectivity index is 1.75. The van der Waals surface area contributed by atoms with Crippen LogP contribution in [0.4, 0.5) is 11.4 Å². The number of methoxy groups -OCH3 is 1. The van der Waals surface area contributed by atoms with Gasteiger partial charge in [0.2, 0.25) is 5.91 Å². The Kier molecular flexibility index (Phi) is 5.46. The number of anilines is 2. The summed E-state index contributed by atoms with van der Waals surface area (Å²) in [6.45, 7) is 0.198. The summed E-state index contributed by atoms with van der Waals surface area (Å²) in [4.78, 5) is 11.8. The van der Waals surface area contributed by atoms with Crippen molar-refractivity contribution < 1.29 is 17.9 Å². The molecule has 1 aliphatic heterocycles. The normalized spacial score (nSPS) is 13.3. The highest BCUT2D eigenvalue weighted by Crippen LogP contribution is 2.31. The van der Waals surface area contributed by atoms with E-state index in [-0.39, 0.29) is 17.3 Å². The maximum Gasteiger partial charge on any atom is 0.264 e. The van der Waals surface area contributed by atoms with Crippen LogP contribution >= 0.6 is 0 Å². The highest BCUT2D eigenvalue weighted by Gasteiger charge is 2.27. The lowest BCUT2D eigenvalue weighted by molar-refractivity contribution is -0.116. The predicted molar refractivity (Wildman–Crippen MR) is 116 cm³/mol. The van der Waals surface area contributed by atoms with Crippen LogP contribution in [0.2, 0.25) is 0 Å². The molecule has 0 saturated heterocycles. The molecule has 1 amide bonds. The molecule has 0 aromatic heterocycles. The first-order valence-corrected chi connectivity index (χ1v) is 11.0. The number of fused-ring (bicyclic) bond motifs is 1. The van der Waals surface area contributed by atoms with E-state index < -0.39 is 10.0 Å². The van der Waals surface area contributed by atoms with E-state index in [0.717, 1.165) is 11.1 Å². The fraction of sp³-hybridized carbons (Fsp3) is 0.174. The van der Waals surface area contributed by atoms with Crippen LogP contribution in [-0.2, 0) is 27.8 Å². The monoisotopic (exact) mass is 422 g/mol. The number of hydrogen-bond acceptors (Lipinski definition) is 4. The van der Waals surface area contributed by atoms with Gasteiger partial charge >= 0.3 is 0 Å². The van der Waals surface area contributed by atoms with Gasteiger partial charge in [0, 0.05) is 12.1 Å². The molecule has 3 aromatic rings. The topological polar surface area (TPSA) is 75.7 Å². The van der Waals surface area contributed by atoms with Gasteiger partial charge in [0.25, 0.3) is 10.0 Å². The molecule has 3 aromatic carbocycles. The van der Waals surface area contributed by atoms with Crippen LogP contribution in [0.5, 0.6) is 5.75 Å². The number of aryl methyl sites for hydroxylation is 1. The summed E-state index contributed by atoms with van der Waals surface area (Å²) in [6, 6.07) is 21.3. The maximum absolute atomic E-state index is 13.6. The van der Waals surface area contributed by atoms with Crippen LogP contribution < -0.4 is 14.4 Å². The van der Waals surface area contributed by atoms with Crippen molar-refractivity contribution in [1.29, 1.82) is 0 Å². The first-order chi connectivity index (χ1) is 14.5. The number of amides is 1. The summed E-state index contributed by atoms with van der Waals surface area (Å²) < 4.78 is 33.9. The SMILES string of the molecule is COc1ccc(N(Cc2ccccc2)S(=O)(=O)c2ccc3c(c2)CCC(=O)N3)cc1. The van der Waals surface area contributed by atoms with Gasteiger partial charge in [0.15, 0.2) is 0 Å². The molecule has 0 aliphatic carbocycles. The maximum atomic E-state index is 13.6. The summed E-state index contributed by atoms with van der Waals surface area (Å²) in [5, 5.41) is 2.79. The second kappa shape index (κ2) is 8.20. The Hall–Kier alpha value is -3.32. The molecule has 1 N–H and O–H groups in total. The van der Waals surface area contributed by atoms with Crippen molar-refractivity contribution in [3.8, 4) is 5.75 Å². The Labute approximate surface area is 176 Å². The largest absolute Gasteiger partial charge is 0.497 e. The highest BCUT2D eigenvalue weighted by atomic mass is 32.2. The quantitative estimate of drug-likeness (QED) is 0.652. The number of carbonyl (C=O) groups excluding carboxylic acids is 1. The van der Waals surface area contributed by atoms with Crippen LogP contribution in [0.25, 0.3) is 0 Å². The van der Waals surface area contributed by atoms with E-state index in [1.54, 1.807) is 49.6 Å². The second-order valence-electron chi connectivity index (χ2n) is 7.06. The summed E-state index contributed by atoms with van der Waals surface area (Å²) in [6.07, 6.45) is 0.870. The summed E-state index contributed by atoms with van der Waals surface area (Å²) in [7, 11) is -2.27. The number of ether oxygens (including phenoxy) is 1. The molecular weight excluding hydrogens is 400 g/mol. The molecule has 154 valence electrons. The third-order valence-electron chi connectivity index (χ3n) is 5.09. The van der Waals surface area contributed by atoms with Crippen LogP contribution in [0.15, 0.2) is 77.7 Å². The van der Waals surface area contributed by atoms with Crippen molar-refractivity contribution >= 4 is 27.3 Å². The fourth-order valence-corrected chi connectivity index (χ4v) is 4.96. The Morgan fingerprint density at radius 3 is 2.40 bits per heavy atom. The van der Waals surface area contributed by atoms with Gasteiger partial charge in [-0.1, -0.05) is 30.3 Å². The number of nitrogens with zero attached hydrogens (tertiary/aromatic N) is 1. The zero-order valence-corrected chi connectivity index (χ0v) is 17.4. The Bertz CT molecular complexity index is 1160. The summed E-state index contributed by atoms with van der Waals surface area (Å²) in [5.41, 5.74) is 2.92. The zero-order chi connectivity index (χ0) is 21.1. The fourth-order valence-electron chi connectivity index (χ4n) is 3.46. The van der Waals surface area contributed by atoms with Crippen molar-refractivity contribution in [2.24, 2.45) is 0 Å². The predicted octanol–water partition coefficient (Wildman–Crippen LogP) is 3.98. The van der Waals surface area contributed by atoms with Crippen molar-refractivity contribution in [1.82, 2.24) is 0 Å². The van der Waals surface area contributed by atoms with Crippen LogP contribution in [0.3, 0.4) is 0 Å². The molecule has 0 unspecified atom stereocenters. The lowest BCUT2D eigenvalue weighted by Gasteiger charge is -2.26. The second-order valence-corrected chi connectivity index (χ2v) is 8.92. The first kappa shape index (κ1) is 20.0. The standard InChI is InChI=1S/C23H22N2O4S/c1-29-20-10-8-19(9-11-20)25(16-17-5-3-2-4-6-17)30(27,28)21-12-13-22-18(15-21)7-14-23(26)24-22/h2-6,8-13,15H,7,14,16H2,1H3,(H,24,26).